The van der Waals surface area contributed by atoms with Gasteiger partial charge in [0.1, 0.15) is 5.69 Å². The average Bonchev–Trinajstić information content (AvgIpc) is 2.80. The Balaban J connectivity index is 2.19. The van der Waals surface area contributed by atoms with Crippen molar-refractivity contribution in [2.75, 3.05) is 13.1 Å². The molecule has 0 aromatic carbocycles. The minimum atomic E-state index is -0.834. The number of aryl methyl sites for hydroxylation is 1. The van der Waals surface area contributed by atoms with Crippen LogP contribution < -0.4 is 0 Å². The molecule has 1 fully saturated rings. The average molecular weight is 262 g/mol. The van der Waals surface area contributed by atoms with Gasteiger partial charge in [-0.15, -0.1) is 0 Å². The minimum Gasteiger partial charge on any atom is -0.481 e. The molecule has 2 atom stereocenters. The largest absolute Gasteiger partial charge is 0.481 e. The molecule has 0 saturated carbocycles. The van der Waals surface area contributed by atoms with Crippen LogP contribution in [-0.2, 0) is 11.2 Å². The Morgan fingerprint density at radius 1 is 1.47 bits per heavy atom. The summed E-state index contributed by atoms with van der Waals surface area (Å²) in [6, 6.07) is 3.69. The second-order valence-corrected chi connectivity index (χ2v) is 5.00. The summed E-state index contributed by atoms with van der Waals surface area (Å²) in [5.41, 5.74) is 1.35. The zero-order chi connectivity index (χ0) is 14.0. The third kappa shape index (κ3) is 2.59. The van der Waals surface area contributed by atoms with E-state index < -0.39 is 11.9 Å². The van der Waals surface area contributed by atoms with Crippen molar-refractivity contribution in [1.82, 2.24) is 9.88 Å². The Morgan fingerprint density at radius 2 is 2.21 bits per heavy atom. The molecule has 2 heterocycles. The van der Waals surface area contributed by atoms with E-state index in [-0.39, 0.29) is 18.4 Å². The van der Waals surface area contributed by atoms with Gasteiger partial charge in [0.25, 0.3) is 5.91 Å². The number of nitrogens with zero attached hydrogens (tertiary/aromatic N) is 2. The first-order chi connectivity index (χ1) is 9.04. The van der Waals surface area contributed by atoms with Crippen LogP contribution in [0, 0.1) is 11.8 Å². The highest BCUT2D eigenvalue weighted by atomic mass is 16.4. The number of likely N-dealkylation sites (tertiary alicyclic amines) is 1. The van der Waals surface area contributed by atoms with Gasteiger partial charge in [-0.25, -0.2) is 0 Å². The van der Waals surface area contributed by atoms with E-state index >= 15 is 0 Å². The number of carbonyl (C=O) groups is 2. The van der Waals surface area contributed by atoms with Gasteiger partial charge in [0.15, 0.2) is 0 Å². The van der Waals surface area contributed by atoms with Crippen molar-refractivity contribution in [2.24, 2.45) is 11.8 Å². The molecule has 0 unspecified atom stereocenters. The first kappa shape index (κ1) is 13.5. The molecule has 1 aliphatic heterocycles. The van der Waals surface area contributed by atoms with E-state index in [2.05, 4.69) is 4.98 Å². The summed E-state index contributed by atoms with van der Waals surface area (Å²) < 4.78 is 0. The highest BCUT2D eigenvalue weighted by Gasteiger charge is 2.37. The van der Waals surface area contributed by atoms with Crippen molar-refractivity contribution in [1.29, 1.82) is 0 Å². The second-order valence-electron chi connectivity index (χ2n) is 5.00. The highest BCUT2D eigenvalue weighted by molar-refractivity contribution is 5.94. The maximum atomic E-state index is 12.4. The Morgan fingerprint density at radius 3 is 2.79 bits per heavy atom. The molecule has 0 spiro atoms. The second kappa shape index (κ2) is 5.38. The number of amides is 1. The molecule has 2 rings (SSSR count). The van der Waals surface area contributed by atoms with E-state index in [1.54, 1.807) is 11.1 Å². The lowest BCUT2D eigenvalue weighted by atomic mass is 9.99. The molecule has 1 aromatic rings. The van der Waals surface area contributed by atoms with E-state index in [1.165, 1.54) is 0 Å². The summed E-state index contributed by atoms with van der Waals surface area (Å²) in [7, 11) is 0. The SMILES string of the molecule is CCc1cccnc1C(=O)N1C[C@@H](C)[C@H](C(=O)O)C1. The maximum Gasteiger partial charge on any atom is 0.308 e. The van der Waals surface area contributed by atoms with Gasteiger partial charge in [0.2, 0.25) is 0 Å². The van der Waals surface area contributed by atoms with Gasteiger partial charge >= 0.3 is 5.97 Å². The molecule has 1 amide bonds. The van der Waals surface area contributed by atoms with Gasteiger partial charge < -0.3 is 10.0 Å². The zero-order valence-electron chi connectivity index (χ0n) is 11.2. The highest BCUT2D eigenvalue weighted by Crippen LogP contribution is 2.25. The molecule has 1 aromatic heterocycles. The molecular formula is C14H18N2O3. The summed E-state index contributed by atoms with van der Waals surface area (Å²) in [5, 5.41) is 9.10. The predicted molar refractivity (Wildman–Crippen MR) is 69.8 cm³/mol. The van der Waals surface area contributed by atoms with E-state index in [1.807, 2.05) is 26.0 Å². The summed E-state index contributed by atoms with van der Waals surface area (Å²) in [5.74, 6) is -1.49. The smallest absolute Gasteiger partial charge is 0.308 e. The lowest BCUT2D eigenvalue weighted by molar-refractivity contribution is -0.142. The molecule has 1 aliphatic rings. The van der Waals surface area contributed by atoms with Crippen molar-refractivity contribution in [3.8, 4) is 0 Å². The van der Waals surface area contributed by atoms with Crippen molar-refractivity contribution in [2.45, 2.75) is 20.3 Å². The third-order valence-electron chi connectivity index (χ3n) is 3.69. The van der Waals surface area contributed by atoms with E-state index in [4.69, 9.17) is 5.11 Å². The molecule has 1 N–H and O–H groups in total. The van der Waals surface area contributed by atoms with Gasteiger partial charge in [0, 0.05) is 19.3 Å². The van der Waals surface area contributed by atoms with Crippen LogP contribution in [0.1, 0.15) is 29.9 Å². The van der Waals surface area contributed by atoms with E-state index in [0.717, 1.165) is 12.0 Å². The number of aliphatic carboxylic acids is 1. The normalized spacial score (nSPS) is 22.5. The third-order valence-corrected chi connectivity index (χ3v) is 3.69. The van der Waals surface area contributed by atoms with Crippen molar-refractivity contribution >= 4 is 11.9 Å². The zero-order valence-corrected chi connectivity index (χ0v) is 11.2. The number of hydrogen-bond donors (Lipinski definition) is 1. The van der Waals surface area contributed by atoms with Crippen LogP contribution in [0.4, 0.5) is 0 Å². The summed E-state index contributed by atoms with van der Waals surface area (Å²) in [6.07, 6.45) is 2.33. The Kier molecular flexibility index (Phi) is 3.83. The standard InChI is InChI=1S/C14H18N2O3/c1-3-10-5-4-6-15-12(10)13(17)16-7-9(2)11(8-16)14(18)19/h4-6,9,11H,3,7-8H2,1-2H3,(H,18,19)/t9-,11-/m1/s1. The molecule has 0 radical (unpaired) electrons. The van der Waals surface area contributed by atoms with Crippen LogP contribution in [0.15, 0.2) is 18.3 Å². The monoisotopic (exact) mass is 262 g/mol. The fourth-order valence-corrected chi connectivity index (χ4v) is 2.52. The van der Waals surface area contributed by atoms with Gasteiger partial charge in [0.05, 0.1) is 5.92 Å². The minimum absolute atomic E-state index is 0.0183. The summed E-state index contributed by atoms with van der Waals surface area (Å²) >= 11 is 0. The molecular weight excluding hydrogens is 244 g/mol. The Labute approximate surface area is 112 Å². The number of carbonyl (C=O) groups excluding carboxylic acids is 1. The van der Waals surface area contributed by atoms with Crippen LogP contribution in [0.25, 0.3) is 0 Å². The molecule has 1 saturated heterocycles. The summed E-state index contributed by atoms with van der Waals surface area (Å²) in [4.78, 5) is 29.2. The predicted octanol–water partition coefficient (Wildman–Crippen LogP) is 1.44. The lowest BCUT2D eigenvalue weighted by Gasteiger charge is -2.16. The van der Waals surface area contributed by atoms with Crippen LogP contribution in [0.2, 0.25) is 0 Å². The van der Waals surface area contributed by atoms with Crippen LogP contribution in [0.3, 0.4) is 0 Å². The topological polar surface area (TPSA) is 70.5 Å². The molecule has 5 nitrogen and oxygen atoms in total. The fraction of sp³-hybridized carbons (Fsp3) is 0.500. The Hall–Kier alpha value is -1.91. The molecule has 0 aliphatic carbocycles. The van der Waals surface area contributed by atoms with Gasteiger partial charge in [-0.1, -0.05) is 19.9 Å². The first-order valence-corrected chi connectivity index (χ1v) is 6.50. The van der Waals surface area contributed by atoms with Gasteiger partial charge in [-0.2, -0.15) is 0 Å². The lowest BCUT2D eigenvalue weighted by Crippen LogP contribution is -2.31. The van der Waals surface area contributed by atoms with Crippen molar-refractivity contribution < 1.29 is 14.7 Å². The van der Waals surface area contributed by atoms with Crippen molar-refractivity contribution in [3.63, 3.8) is 0 Å². The van der Waals surface area contributed by atoms with E-state index in [9.17, 15) is 9.59 Å². The van der Waals surface area contributed by atoms with Crippen LogP contribution in [-0.4, -0.2) is 40.0 Å². The van der Waals surface area contributed by atoms with E-state index in [0.29, 0.717) is 12.2 Å². The molecule has 5 heteroatoms. The number of rotatable bonds is 3. The molecule has 0 bridgehead atoms. The number of carboxylic acids is 1. The number of aromatic nitrogens is 1. The molecule has 19 heavy (non-hydrogen) atoms. The van der Waals surface area contributed by atoms with Crippen molar-refractivity contribution in [3.05, 3.63) is 29.6 Å². The molecule has 102 valence electrons. The first-order valence-electron chi connectivity index (χ1n) is 6.50. The Bertz CT molecular complexity index is 501. The van der Waals surface area contributed by atoms with Gasteiger partial charge in [-0.3, -0.25) is 14.6 Å². The van der Waals surface area contributed by atoms with Crippen LogP contribution in [0.5, 0.6) is 0 Å². The number of pyridine rings is 1. The summed E-state index contributed by atoms with van der Waals surface area (Å²) in [6.45, 7) is 4.59. The quantitative estimate of drug-likeness (QED) is 0.894. The van der Waals surface area contributed by atoms with Crippen LogP contribution >= 0.6 is 0 Å². The van der Waals surface area contributed by atoms with Gasteiger partial charge in [-0.05, 0) is 24.0 Å². The number of hydrogen-bond acceptors (Lipinski definition) is 3. The fourth-order valence-electron chi connectivity index (χ4n) is 2.52. The maximum absolute atomic E-state index is 12.4. The number of carboxylic acid groups (broad SMARTS) is 1.